The summed E-state index contributed by atoms with van der Waals surface area (Å²) in [5.74, 6) is 3.94. The van der Waals surface area contributed by atoms with Gasteiger partial charge in [0.25, 0.3) is 0 Å². The number of methoxy groups -OCH3 is 1. The Morgan fingerprint density at radius 1 is 1.19 bits per heavy atom. The number of aliphatic hydroxyl groups is 1. The SMILES string of the molecule is COc1cc(CN(C)C2CCSCC2)ccc1OC[C@H](O)CN(C)C(C)C. The highest BCUT2D eigenvalue weighted by Crippen LogP contribution is 2.29. The molecule has 0 bridgehead atoms. The molecule has 1 aliphatic heterocycles. The van der Waals surface area contributed by atoms with Gasteiger partial charge in [-0.2, -0.15) is 11.8 Å². The molecule has 0 unspecified atom stereocenters. The minimum Gasteiger partial charge on any atom is -0.493 e. The Hall–Kier alpha value is -0.950. The molecule has 2 rings (SSSR count). The molecule has 5 nitrogen and oxygen atoms in total. The number of benzene rings is 1. The highest BCUT2D eigenvalue weighted by molar-refractivity contribution is 7.99. The molecule has 1 saturated heterocycles. The van der Waals surface area contributed by atoms with E-state index in [1.54, 1.807) is 7.11 Å². The fourth-order valence-corrected chi connectivity index (χ4v) is 4.34. The Balaban J connectivity index is 1.91. The zero-order valence-corrected chi connectivity index (χ0v) is 18.3. The number of rotatable bonds is 10. The molecular weight excluding hydrogens is 360 g/mol. The first-order valence-electron chi connectivity index (χ1n) is 9.86. The molecule has 0 saturated carbocycles. The third-order valence-corrected chi connectivity index (χ3v) is 6.33. The van der Waals surface area contributed by atoms with Crippen LogP contribution in [0.1, 0.15) is 32.3 Å². The van der Waals surface area contributed by atoms with Crippen molar-refractivity contribution in [3.8, 4) is 11.5 Å². The molecule has 1 aromatic rings. The number of aliphatic hydroxyl groups excluding tert-OH is 1. The fourth-order valence-electron chi connectivity index (χ4n) is 3.25. The van der Waals surface area contributed by atoms with Crippen molar-refractivity contribution in [2.24, 2.45) is 0 Å². The van der Waals surface area contributed by atoms with Crippen LogP contribution in [0, 0.1) is 0 Å². The third kappa shape index (κ3) is 7.18. The Morgan fingerprint density at radius 3 is 2.52 bits per heavy atom. The Bertz CT molecular complexity index is 564. The van der Waals surface area contributed by atoms with Crippen molar-refractivity contribution in [3.05, 3.63) is 23.8 Å². The van der Waals surface area contributed by atoms with Gasteiger partial charge in [0.2, 0.25) is 0 Å². The molecule has 6 heteroatoms. The van der Waals surface area contributed by atoms with Gasteiger partial charge < -0.3 is 19.5 Å². The van der Waals surface area contributed by atoms with E-state index < -0.39 is 6.10 Å². The highest BCUT2D eigenvalue weighted by Gasteiger charge is 2.19. The summed E-state index contributed by atoms with van der Waals surface area (Å²) in [6.45, 7) is 5.97. The predicted molar refractivity (Wildman–Crippen MR) is 114 cm³/mol. The van der Waals surface area contributed by atoms with E-state index in [0.29, 0.717) is 24.4 Å². The van der Waals surface area contributed by atoms with E-state index in [0.717, 1.165) is 12.3 Å². The van der Waals surface area contributed by atoms with Crippen LogP contribution in [0.4, 0.5) is 0 Å². The smallest absolute Gasteiger partial charge is 0.161 e. The number of hydrogen-bond donors (Lipinski definition) is 1. The van der Waals surface area contributed by atoms with Crippen LogP contribution in [0.15, 0.2) is 18.2 Å². The number of nitrogens with zero attached hydrogens (tertiary/aromatic N) is 2. The van der Waals surface area contributed by atoms with E-state index in [-0.39, 0.29) is 6.61 Å². The molecule has 27 heavy (non-hydrogen) atoms. The van der Waals surface area contributed by atoms with Gasteiger partial charge in [0, 0.05) is 25.2 Å². The molecule has 1 aliphatic rings. The molecule has 1 atom stereocenters. The second kappa shape index (κ2) is 11.1. The van der Waals surface area contributed by atoms with Crippen molar-refractivity contribution in [1.29, 1.82) is 0 Å². The van der Waals surface area contributed by atoms with Crippen molar-refractivity contribution < 1.29 is 14.6 Å². The van der Waals surface area contributed by atoms with Gasteiger partial charge in [0.15, 0.2) is 11.5 Å². The number of hydrogen-bond acceptors (Lipinski definition) is 6. The van der Waals surface area contributed by atoms with Gasteiger partial charge in [-0.25, -0.2) is 0 Å². The van der Waals surface area contributed by atoms with E-state index in [1.807, 2.05) is 13.1 Å². The molecule has 1 N–H and O–H groups in total. The van der Waals surface area contributed by atoms with Crippen molar-refractivity contribution in [3.63, 3.8) is 0 Å². The summed E-state index contributed by atoms with van der Waals surface area (Å²) < 4.78 is 11.4. The summed E-state index contributed by atoms with van der Waals surface area (Å²) in [5.41, 5.74) is 1.22. The van der Waals surface area contributed by atoms with E-state index in [1.165, 1.54) is 29.9 Å². The number of ether oxygens (including phenoxy) is 2. The van der Waals surface area contributed by atoms with Gasteiger partial charge in [0.05, 0.1) is 7.11 Å². The minimum atomic E-state index is -0.530. The summed E-state index contributed by atoms with van der Waals surface area (Å²) in [7, 11) is 5.88. The van der Waals surface area contributed by atoms with Crippen LogP contribution in [-0.4, -0.2) is 79.0 Å². The standard InChI is InChI=1S/C21H36N2O3S/c1-16(2)22(3)14-19(24)15-26-20-7-6-17(12-21(20)25-5)13-23(4)18-8-10-27-11-9-18/h6-7,12,16,18-19,24H,8-11,13-15H2,1-5H3/t19-/m1/s1. The molecule has 0 amide bonds. The average Bonchev–Trinajstić information content (AvgIpc) is 2.67. The molecule has 0 aromatic heterocycles. The molecular formula is C21H36N2O3S. The van der Waals surface area contributed by atoms with E-state index in [4.69, 9.17) is 9.47 Å². The van der Waals surface area contributed by atoms with Crippen LogP contribution in [0.3, 0.4) is 0 Å². The second-order valence-corrected chi connectivity index (χ2v) is 8.97. The van der Waals surface area contributed by atoms with Gasteiger partial charge in [0.1, 0.15) is 12.7 Å². The lowest BCUT2D eigenvalue weighted by atomic mass is 10.1. The lowest BCUT2D eigenvalue weighted by Gasteiger charge is -2.31. The number of thioether (sulfide) groups is 1. The third-order valence-electron chi connectivity index (χ3n) is 5.29. The van der Waals surface area contributed by atoms with Crippen LogP contribution in [0.25, 0.3) is 0 Å². The van der Waals surface area contributed by atoms with Gasteiger partial charge in [-0.1, -0.05) is 6.07 Å². The maximum atomic E-state index is 10.2. The van der Waals surface area contributed by atoms with Crippen molar-refractivity contribution in [2.75, 3.05) is 45.9 Å². The molecule has 0 radical (unpaired) electrons. The van der Waals surface area contributed by atoms with Crippen molar-refractivity contribution in [1.82, 2.24) is 9.80 Å². The molecule has 154 valence electrons. The van der Waals surface area contributed by atoms with Crippen LogP contribution in [-0.2, 0) is 6.54 Å². The summed E-state index contributed by atoms with van der Waals surface area (Å²) in [6.07, 6.45) is 2.00. The molecule has 1 fully saturated rings. The van der Waals surface area contributed by atoms with E-state index >= 15 is 0 Å². The fraction of sp³-hybridized carbons (Fsp3) is 0.714. The summed E-state index contributed by atoms with van der Waals surface area (Å²) >= 11 is 2.06. The summed E-state index contributed by atoms with van der Waals surface area (Å²) in [4.78, 5) is 4.55. The molecule has 1 aromatic carbocycles. The Labute approximate surface area is 169 Å². The van der Waals surface area contributed by atoms with Crippen molar-refractivity contribution >= 4 is 11.8 Å². The van der Waals surface area contributed by atoms with E-state index in [2.05, 4.69) is 54.6 Å². The Morgan fingerprint density at radius 2 is 1.89 bits per heavy atom. The summed E-state index contributed by atoms with van der Waals surface area (Å²) in [6, 6.07) is 7.17. The molecule has 0 spiro atoms. The van der Waals surface area contributed by atoms with Crippen LogP contribution < -0.4 is 9.47 Å². The zero-order valence-electron chi connectivity index (χ0n) is 17.5. The van der Waals surface area contributed by atoms with Crippen LogP contribution >= 0.6 is 11.8 Å². The summed E-state index contributed by atoms with van der Waals surface area (Å²) in [5, 5.41) is 10.2. The zero-order chi connectivity index (χ0) is 19.8. The highest BCUT2D eigenvalue weighted by atomic mass is 32.2. The quantitative estimate of drug-likeness (QED) is 0.656. The van der Waals surface area contributed by atoms with Crippen LogP contribution in [0.5, 0.6) is 11.5 Å². The van der Waals surface area contributed by atoms with Crippen LogP contribution in [0.2, 0.25) is 0 Å². The Kier molecular flexibility index (Phi) is 9.22. The first kappa shape index (κ1) is 22.3. The first-order valence-corrected chi connectivity index (χ1v) is 11.0. The monoisotopic (exact) mass is 396 g/mol. The molecule has 0 aliphatic carbocycles. The normalized spacial score (nSPS) is 16.9. The largest absolute Gasteiger partial charge is 0.493 e. The van der Waals surface area contributed by atoms with Gasteiger partial charge >= 0.3 is 0 Å². The average molecular weight is 397 g/mol. The number of likely N-dealkylation sites (N-methyl/N-ethyl adjacent to an activating group) is 1. The second-order valence-electron chi connectivity index (χ2n) is 7.74. The lowest BCUT2D eigenvalue weighted by molar-refractivity contribution is 0.0668. The lowest BCUT2D eigenvalue weighted by Crippen LogP contribution is -2.37. The van der Waals surface area contributed by atoms with Gasteiger partial charge in [-0.3, -0.25) is 4.90 Å². The van der Waals surface area contributed by atoms with Gasteiger partial charge in [-0.15, -0.1) is 0 Å². The maximum absolute atomic E-state index is 10.2. The maximum Gasteiger partial charge on any atom is 0.161 e. The molecule has 1 heterocycles. The topological polar surface area (TPSA) is 45.2 Å². The van der Waals surface area contributed by atoms with E-state index in [9.17, 15) is 5.11 Å². The first-order chi connectivity index (χ1) is 12.9. The predicted octanol–water partition coefficient (Wildman–Crippen LogP) is 3.10. The van der Waals surface area contributed by atoms with Crippen molar-refractivity contribution in [2.45, 2.75) is 51.4 Å². The van der Waals surface area contributed by atoms with Gasteiger partial charge in [-0.05, 0) is 70.0 Å². The minimum absolute atomic E-state index is 0.256.